The van der Waals surface area contributed by atoms with Crippen molar-refractivity contribution >= 4 is 29.0 Å². The quantitative estimate of drug-likeness (QED) is 0.861. The van der Waals surface area contributed by atoms with Crippen LogP contribution >= 0.6 is 23.2 Å². The predicted molar refractivity (Wildman–Crippen MR) is 66.5 cm³/mol. The molecule has 1 saturated carbocycles. The number of hydrogen-bond acceptors (Lipinski definition) is 4. The van der Waals surface area contributed by atoms with Crippen molar-refractivity contribution in [2.75, 3.05) is 11.9 Å². The fraction of sp³-hybridized carbons (Fsp3) is 0.636. The molecule has 1 aliphatic carbocycles. The largest absolute Gasteiger partial charge is 0.376 e. The molecule has 1 aromatic rings. The van der Waals surface area contributed by atoms with Gasteiger partial charge in [-0.3, -0.25) is 0 Å². The summed E-state index contributed by atoms with van der Waals surface area (Å²) in [6.45, 7) is 0.801. The summed E-state index contributed by atoms with van der Waals surface area (Å²) in [5.74, 6) is 1.30. The van der Waals surface area contributed by atoms with Crippen molar-refractivity contribution in [3.8, 4) is 0 Å². The second-order valence-electron chi connectivity index (χ2n) is 4.55. The van der Waals surface area contributed by atoms with Crippen LogP contribution in [0.25, 0.3) is 0 Å². The van der Waals surface area contributed by atoms with Crippen molar-refractivity contribution in [2.45, 2.75) is 31.4 Å². The van der Waals surface area contributed by atoms with Crippen LogP contribution in [-0.4, -0.2) is 28.7 Å². The van der Waals surface area contributed by atoms with Crippen molar-refractivity contribution < 1.29 is 4.74 Å². The molecule has 2 unspecified atom stereocenters. The topological polar surface area (TPSA) is 47.0 Å². The van der Waals surface area contributed by atoms with Gasteiger partial charge in [0.25, 0.3) is 0 Å². The van der Waals surface area contributed by atoms with Gasteiger partial charge in [0, 0.05) is 6.61 Å². The van der Waals surface area contributed by atoms with E-state index in [1.54, 1.807) is 0 Å². The lowest BCUT2D eigenvalue weighted by atomic mass is 10.1. The molecule has 1 aliphatic heterocycles. The molecular weight excluding hydrogens is 261 g/mol. The van der Waals surface area contributed by atoms with Crippen LogP contribution in [0.5, 0.6) is 0 Å². The predicted octanol–water partition coefficient (Wildman–Crippen LogP) is 2.76. The van der Waals surface area contributed by atoms with Crippen molar-refractivity contribution in [2.24, 2.45) is 5.92 Å². The molecule has 0 radical (unpaired) electrons. The van der Waals surface area contributed by atoms with Crippen molar-refractivity contribution in [3.63, 3.8) is 0 Å². The molecule has 6 heteroatoms. The van der Waals surface area contributed by atoms with Crippen LogP contribution in [0.15, 0.2) is 6.20 Å². The minimum absolute atomic E-state index is 0.207. The fourth-order valence-corrected chi connectivity index (χ4v) is 2.56. The average molecular weight is 274 g/mol. The first-order valence-corrected chi connectivity index (χ1v) is 6.56. The minimum Gasteiger partial charge on any atom is -0.376 e. The summed E-state index contributed by atoms with van der Waals surface area (Å²) in [5, 5.41) is 4.03. The highest BCUT2D eigenvalue weighted by molar-refractivity contribution is 6.33. The van der Waals surface area contributed by atoms with E-state index in [0.717, 1.165) is 13.0 Å². The number of rotatable bonds is 3. The smallest absolute Gasteiger partial charge is 0.224 e. The van der Waals surface area contributed by atoms with Crippen LogP contribution in [0.2, 0.25) is 10.3 Å². The molecule has 2 atom stereocenters. The Bertz CT molecular complexity index is 425. The van der Waals surface area contributed by atoms with Crippen LogP contribution in [0.3, 0.4) is 0 Å². The molecule has 1 saturated heterocycles. The Morgan fingerprint density at radius 1 is 1.29 bits per heavy atom. The van der Waals surface area contributed by atoms with Gasteiger partial charge in [-0.05, 0) is 36.8 Å². The molecule has 2 heterocycles. The monoisotopic (exact) mass is 273 g/mol. The van der Waals surface area contributed by atoms with E-state index >= 15 is 0 Å². The van der Waals surface area contributed by atoms with E-state index in [-0.39, 0.29) is 11.3 Å². The number of nitrogens with zero attached hydrogens (tertiary/aromatic N) is 2. The standard InChI is InChI=1S/C11H13Cl2N3O/c12-7-5-14-11(13)16-10(7)15-8-3-4-17-9(8)6-1-2-6/h5-6,8-9H,1-4H2,(H,14,15,16). The van der Waals surface area contributed by atoms with Gasteiger partial charge in [-0.1, -0.05) is 11.6 Å². The van der Waals surface area contributed by atoms with Gasteiger partial charge in [-0.15, -0.1) is 0 Å². The van der Waals surface area contributed by atoms with Crippen molar-refractivity contribution in [1.29, 1.82) is 0 Å². The number of anilines is 1. The first-order valence-electron chi connectivity index (χ1n) is 5.80. The lowest BCUT2D eigenvalue weighted by molar-refractivity contribution is 0.0898. The van der Waals surface area contributed by atoms with Crippen molar-refractivity contribution in [3.05, 3.63) is 16.5 Å². The molecule has 2 fully saturated rings. The summed E-state index contributed by atoms with van der Waals surface area (Å²) in [6, 6.07) is 0.283. The summed E-state index contributed by atoms with van der Waals surface area (Å²) in [5.41, 5.74) is 0. The Kier molecular flexibility index (Phi) is 3.11. The van der Waals surface area contributed by atoms with Gasteiger partial charge >= 0.3 is 0 Å². The maximum absolute atomic E-state index is 6.03. The number of ether oxygens (including phenoxy) is 1. The lowest BCUT2D eigenvalue weighted by Crippen LogP contribution is -2.31. The van der Waals surface area contributed by atoms with Gasteiger partial charge in [0.1, 0.15) is 10.8 Å². The maximum atomic E-state index is 6.03. The van der Waals surface area contributed by atoms with E-state index in [1.165, 1.54) is 19.0 Å². The highest BCUT2D eigenvalue weighted by Crippen LogP contribution is 2.39. The van der Waals surface area contributed by atoms with E-state index in [1.807, 2.05) is 0 Å². The van der Waals surface area contributed by atoms with E-state index in [4.69, 9.17) is 27.9 Å². The molecule has 17 heavy (non-hydrogen) atoms. The van der Waals surface area contributed by atoms with Crippen LogP contribution in [0.4, 0.5) is 5.82 Å². The molecule has 0 bridgehead atoms. The van der Waals surface area contributed by atoms with Gasteiger partial charge in [0.15, 0.2) is 0 Å². The van der Waals surface area contributed by atoms with E-state index in [2.05, 4.69) is 15.3 Å². The molecule has 1 aromatic heterocycles. The third kappa shape index (κ3) is 2.49. The average Bonchev–Trinajstić information content (AvgIpc) is 3.05. The molecule has 92 valence electrons. The van der Waals surface area contributed by atoms with Crippen LogP contribution in [0, 0.1) is 5.92 Å². The molecule has 1 N–H and O–H groups in total. The first kappa shape index (κ1) is 11.5. The Balaban J connectivity index is 1.74. The second-order valence-corrected chi connectivity index (χ2v) is 5.29. The summed E-state index contributed by atoms with van der Waals surface area (Å²) in [6.07, 6.45) is 5.32. The number of halogens is 2. The Morgan fingerprint density at radius 2 is 2.12 bits per heavy atom. The summed E-state index contributed by atoms with van der Waals surface area (Å²) >= 11 is 11.8. The van der Waals surface area contributed by atoms with Crippen molar-refractivity contribution in [1.82, 2.24) is 9.97 Å². The number of nitrogens with one attached hydrogen (secondary N) is 1. The molecule has 3 rings (SSSR count). The zero-order valence-electron chi connectivity index (χ0n) is 9.20. The zero-order valence-corrected chi connectivity index (χ0v) is 10.7. The fourth-order valence-electron chi connectivity index (χ4n) is 2.28. The third-order valence-corrected chi connectivity index (χ3v) is 3.72. The minimum atomic E-state index is 0.207. The lowest BCUT2D eigenvalue weighted by Gasteiger charge is -2.20. The maximum Gasteiger partial charge on any atom is 0.224 e. The van der Waals surface area contributed by atoms with Gasteiger partial charge in [-0.25, -0.2) is 4.98 Å². The van der Waals surface area contributed by atoms with E-state index < -0.39 is 0 Å². The van der Waals surface area contributed by atoms with Gasteiger partial charge in [0.2, 0.25) is 5.28 Å². The second kappa shape index (κ2) is 4.59. The number of hydrogen-bond donors (Lipinski definition) is 1. The Labute approximate surface area is 110 Å². The Hall–Kier alpha value is -0.580. The van der Waals surface area contributed by atoms with Crippen LogP contribution in [0.1, 0.15) is 19.3 Å². The van der Waals surface area contributed by atoms with Crippen LogP contribution in [-0.2, 0) is 4.74 Å². The Morgan fingerprint density at radius 3 is 2.88 bits per heavy atom. The summed E-state index contributed by atoms with van der Waals surface area (Å²) in [4.78, 5) is 7.94. The highest BCUT2D eigenvalue weighted by Gasteiger charge is 2.40. The van der Waals surface area contributed by atoms with E-state index in [9.17, 15) is 0 Å². The zero-order chi connectivity index (χ0) is 11.8. The molecule has 4 nitrogen and oxygen atoms in total. The van der Waals surface area contributed by atoms with Crippen LogP contribution < -0.4 is 5.32 Å². The van der Waals surface area contributed by atoms with Gasteiger partial charge < -0.3 is 10.1 Å². The molecule has 0 aromatic carbocycles. The normalized spacial score (nSPS) is 28.4. The molecular formula is C11H13Cl2N3O. The third-order valence-electron chi connectivity index (χ3n) is 3.26. The summed E-state index contributed by atoms with van der Waals surface area (Å²) in [7, 11) is 0. The molecule has 0 spiro atoms. The summed E-state index contributed by atoms with van der Waals surface area (Å²) < 4.78 is 5.75. The number of aromatic nitrogens is 2. The first-order chi connectivity index (χ1) is 8.24. The molecule has 2 aliphatic rings. The van der Waals surface area contributed by atoms with Gasteiger partial charge in [-0.2, -0.15) is 4.98 Å². The van der Waals surface area contributed by atoms with E-state index in [0.29, 0.717) is 22.9 Å². The molecule has 0 amide bonds. The van der Waals surface area contributed by atoms with Gasteiger partial charge in [0.05, 0.1) is 18.3 Å². The SMILES string of the molecule is Clc1ncc(Cl)c(NC2CCOC2C2CC2)n1. The highest BCUT2D eigenvalue weighted by atomic mass is 35.5.